The number of aryl methyl sites for hydroxylation is 1. The van der Waals surface area contributed by atoms with E-state index in [2.05, 4.69) is 9.88 Å². The molecule has 1 aliphatic carbocycles. The van der Waals surface area contributed by atoms with Gasteiger partial charge in [-0.15, -0.1) is 0 Å². The van der Waals surface area contributed by atoms with Crippen LogP contribution in [0, 0.1) is 19.7 Å². The summed E-state index contributed by atoms with van der Waals surface area (Å²) < 4.78 is 15.5. The highest BCUT2D eigenvalue weighted by molar-refractivity contribution is 7.80. The number of anilines is 1. The predicted octanol–water partition coefficient (Wildman–Crippen LogP) is 3.41. The molecule has 1 saturated heterocycles. The third-order valence-corrected chi connectivity index (χ3v) is 5.21. The molecular weight excluding hydrogens is 365 g/mol. The van der Waals surface area contributed by atoms with E-state index in [1.807, 2.05) is 19.9 Å². The molecule has 1 aromatic heterocycles. The summed E-state index contributed by atoms with van der Waals surface area (Å²) in [7, 11) is 0. The minimum absolute atomic E-state index is 0.00368. The molecule has 2 aliphatic rings. The van der Waals surface area contributed by atoms with Crippen LogP contribution in [0.2, 0.25) is 0 Å². The lowest BCUT2D eigenvalue weighted by Crippen LogP contribution is -2.54. The van der Waals surface area contributed by atoms with Gasteiger partial charge in [0.05, 0.1) is 5.69 Å². The van der Waals surface area contributed by atoms with E-state index >= 15 is 0 Å². The number of thiocarbonyl (C=S) groups is 1. The summed E-state index contributed by atoms with van der Waals surface area (Å²) in [6.45, 7) is 4.02. The van der Waals surface area contributed by atoms with Crippen molar-refractivity contribution in [3.8, 4) is 0 Å². The molecule has 0 radical (unpaired) electrons. The Hall–Kier alpha value is -2.80. The van der Waals surface area contributed by atoms with Crippen LogP contribution in [0.25, 0.3) is 6.08 Å². The van der Waals surface area contributed by atoms with E-state index in [1.54, 1.807) is 6.08 Å². The van der Waals surface area contributed by atoms with Gasteiger partial charge in [-0.05, 0) is 80.9 Å². The smallest absolute Gasteiger partial charge is 0.270 e. The Morgan fingerprint density at radius 1 is 1.19 bits per heavy atom. The molecule has 0 atom stereocenters. The Balaban J connectivity index is 1.73. The van der Waals surface area contributed by atoms with Crippen molar-refractivity contribution < 1.29 is 14.0 Å². The second-order valence-electron chi connectivity index (χ2n) is 6.86. The molecule has 4 rings (SSSR count). The molecule has 7 heteroatoms. The van der Waals surface area contributed by atoms with Crippen LogP contribution in [0.4, 0.5) is 10.1 Å². The van der Waals surface area contributed by atoms with E-state index < -0.39 is 17.6 Å². The monoisotopic (exact) mass is 383 g/mol. The Kier molecular flexibility index (Phi) is 4.19. The van der Waals surface area contributed by atoms with E-state index in [-0.39, 0.29) is 10.7 Å². The van der Waals surface area contributed by atoms with E-state index in [9.17, 15) is 14.0 Å². The number of aromatic nitrogens is 1. The molecule has 5 nitrogen and oxygen atoms in total. The summed E-state index contributed by atoms with van der Waals surface area (Å²) in [5.41, 5.74) is 3.38. The minimum atomic E-state index is -0.528. The second kappa shape index (κ2) is 6.42. The second-order valence-corrected chi connectivity index (χ2v) is 7.25. The van der Waals surface area contributed by atoms with Crippen LogP contribution >= 0.6 is 12.2 Å². The van der Waals surface area contributed by atoms with Crippen molar-refractivity contribution in [3.05, 3.63) is 58.7 Å². The van der Waals surface area contributed by atoms with E-state index in [4.69, 9.17) is 12.2 Å². The summed E-state index contributed by atoms with van der Waals surface area (Å²) in [6, 6.07) is 7.89. The van der Waals surface area contributed by atoms with Gasteiger partial charge < -0.3 is 4.57 Å². The van der Waals surface area contributed by atoms with Crippen LogP contribution in [0.1, 0.15) is 35.8 Å². The summed E-state index contributed by atoms with van der Waals surface area (Å²) in [4.78, 5) is 26.6. The molecule has 1 aliphatic heterocycles. The van der Waals surface area contributed by atoms with Crippen molar-refractivity contribution in [2.24, 2.45) is 0 Å². The first-order valence-corrected chi connectivity index (χ1v) is 9.13. The Bertz CT molecular complexity index is 1000. The van der Waals surface area contributed by atoms with E-state index in [0.717, 1.165) is 29.8 Å². The topological polar surface area (TPSA) is 54.3 Å². The first kappa shape index (κ1) is 17.6. The number of benzene rings is 1. The fraction of sp³-hybridized carbons (Fsp3) is 0.250. The number of nitrogens with one attached hydrogen (secondary N) is 1. The molecule has 2 heterocycles. The van der Waals surface area contributed by atoms with Crippen molar-refractivity contribution in [2.75, 3.05) is 4.90 Å². The summed E-state index contributed by atoms with van der Waals surface area (Å²) in [5, 5.41) is 2.53. The van der Waals surface area contributed by atoms with Gasteiger partial charge in [-0.3, -0.25) is 19.8 Å². The van der Waals surface area contributed by atoms with Gasteiger partial charge in [0.2, 0.25) is 0 Å². The summed E-state index contributed by atoms with van der Waals surface area (Å²) in [5.74, 6) is -1.47. The maximum absolute atomic E-state index is 13.2. The van der Waals surface area contributed by atoms with Gasteiger partial charge >= 0.3 is 0 Å². The normalized spacial score (nSPS) is 19.0. The highest BCUT2D eigenvalue weighted by Gasteiger charge is 2.35. The standard InChI is InChI=1S/C20H18FN3O2S/c1-11-9-13(12(2)23(11)15-7-8-15)10-17-18(25)22-20(27)24(19(17)26)16-5-3-14(21)4-6-16/h3-6,9-10,15H,7-8H2,1-2H3,(H,22,25,27)/b17-10-. The van der Waals surface area contributed by atoms with Gasteiger partial charge in [-0.25, -0.2) is 4.39 Å². The van der Waals surface area contributed by atoms with Crippen LogP contribution in [-0.4, -0.2) is 21.5 Å². The van der Waals surface area contributed by atoms with E-state index in [1.165, 1.54) is 29.2 Å². The molecule has 2 amide bonds. The largest absolute Gasteiger partial charge is 0.346 e. The van der Waals surface area contributed by atoms with Crippen LogP contribution in [-0.2, 0) is 9.59 Å². The molecule has 0 spiro atoms. The van der Waals surface area contributed by atoms with E-state index in [0.29, 0.717) is 11.7 Å². The highest BCUT2D eigenvalue weighted by Crippen LogP contribution is 2.38. The number of carbonyl (C=O) groups is 2. The number of halogens is 1. The third-order valence-electron chi connectivity index (χ3n) is 4.92. The fourth-order valence-corrected chi connectivity index (χ4v) is 3.76. The van der Waals surface area contributed by atoms with Crippen LogP contribution in [0.5, 0.6) is 0 Å². The van der Waals surface area contributed by atoms with Gasteiger partial charge in [0.1, 0.15) is 11.4 Å². The third kappa shape index (κ3) is 3.08. The van der Waals surface area contributed by atoms with Gasteiger partial charge in [-0.2, -0.15) is 0 Å². The van der Waals surface area contributed by atoms with Crippen molar-refractivity contribution >= 4 is 40.9 Å². The zero-order valence-corrected chi connectivity index (χ0v) is 15.8. The van der Waals surface area contributed by atoms with Crippen LogP contribution in [0.15, 0.2) is 35.9 Å². The van der Waals surface area contributed by atoms with Crippen molar-refractivity contribution in [3.63, 3.8) is 0 Å². The predicted molar refractivity (Wildman–Crippen MR) is 105 cm³/mol. The van der Waals surface area contributed by atoms with Gasteiger partial charge in [0, 0.05) is 17.4 Å². The summed E-state index contributed by atoms with van der Waals surface area (Å²) >= 11 is 5.15. The highest BCUT2D eigenvalue weighted by atomic mass is 32.1. The lowest BCUT2D eigenvalue weighted by atomic mass is 10.1. The number of hydrogen-bond donors (Lipinski definition) is 1. The fourth-order valence-electron chi connectivity index (χ4n) is 3.48. The van der Waals surface area contributed by atoms with Gasteiger partial charge in [0.25, 0.3) is 11.8 Å². The van der Waals surface area contributed by atoms with Crippen molar-refractivity contribution in [2.45, 2.75) is 32.7 Å². The van der Waals surface area contributed by atoms with Gasteiger partial charge in [-0.1, -0.05) is 0 Å². The molecule has 1 aromatic carbocycles. The van der Waals surface area contributed by atoms with Crippen molar-refractivity contribution in [1.29, 1.82) is 0 Å². The molecule has 1 N–H and O–H groups in total. The molecule has 0 bridgehead atoms. The quantitative estimate of drug-likeness (QED) is 0.502. The maximum atomic E-state index is 13.2. The molecule has 27 heavy (non-hydrogen) atoms. The number of carbonyl (C=O) groups excluding carboxylic acids is 2. The lowest BCUT2D eigenvalue weighted by molar-refractivity contribution is -0.122. The first-order chi connectivity index (χ1) is 12.9. The number of amides is 2. The molecule has 2 aromatic rings. The summed E-state index contributed by atoms with van der Waals surface area (Å²) in [6.07, 6.45) is 3.91. The van der Waals surface area contributed by atoms with Gasteiger partial charge in [0.15, 0.2) is 5.11 Å². The minimum Gasteiger partial charge on any atom is -0.346 e. The zero-order chi connectivity index (χ0) is 19.3. The molecule has 138 valence electrons. The Labute approximate surface area is 161 Å². The molecule has 0 unspecified atom stereocenters. The molecule has 1 saturated carbocycles. The SMILES string of the molecule is Cc1cc(/C=C2/C(=O)NC(=S)N(c3ccc(F)cc3)C2=O)c(C)n1C1CC1. The number of rotatable bonds is 3. The van der Waals surface area contributed by atoms with Crippen LogP contribution < -0.4 is 10.2 Å². The lowest BCUT2D eigenvalue weighted by Gasteiger charge is -2.28. The number of nitrogens with zero attached hydrogens (tertiary/aromatic N) is 2. The maximum Gasteiger partial charge on any atom is 0.270 e. The zero-order valence-electron chi connectivity index (χ0n) is 15.0. The van der Waals surface area contributed by atoms with Crippen LogP contribution in [0.3, 0.4) is 0 Å². The Morgan fingerprint density at radius 3 is 2.48 bits per heavy atom. The average Bonchev–Trinajstić information content (AvgIpc) is 3.39. The Morgan fingerprint density at radius 2 is 1.85 bits per heavy atom. The average molecular weight is 383 g/mol. The number of hydrogen-bond acceptors (Lipinski definition) is 3. The van der Waals surface area contributed by atoms with Crippen molar-refractivity contribution in [1.82, 2.24) is 9.88 Å². The molecule has 2 fully saturated rings. The molecular formula is C20H18FN3O2S. The first-order valence-electron chi connectivity index (χ1n) is 8.72.